The van der Waals surface area contributed by atoms with Crippen molar-refractivity contribution in [2.24, 2.45) is 5.92 Å². The van der Waals surface area contributed by atoms with E-state index in [9.17, 15) is 4.79 Å². The fraction of sp³-hybridized carbons (Fsp3) is 0.364. The molecule has 16 heavy (non-hydrogen) atoms. The van der Waals surface area contributed by atoms with Gasteiger partial charge < -0.3 is 10.1 Å². The molecule has 3 nitrogen and oxygen atoms in total. The zero-order valence-electron chi connectivity index (χ0n) is 9.09. The van der Waals surface area contributed by atoms with Crippen LogP contribution in [0.5, 0.6) is 5.75 Å². The Kier molecular flexibility index (Phi) is 5.09. The number of hydrogen-bond acceptors (Lipinski definition) is 2. The minimum atomic E-state index is -0.222. The first-order valence-corrected chi connectivity index (χ1v) is 6.11. The third-order valence-electron chi connectivity index (χ3n) is 2.11. The van der Waals surface area contributed by atoms with E-state index in [-0.39, 0.29) is 11.8 Å². The Morgan fingerprint density at radius 1 is 1.62 bits per heavy atom. The molecule has 1 unspecified atom stereocenters. The highest BCUT2D eigenvalue weighted by molar-refractivity contribution is 9.10. The third kappa shape index (κ3) is 3.39. The molecule has 0 aromatic heterocycles. The molecule has 1 aromatic carbocycles. The fourth-order valence-electron chi connectivity index (χ4n) is 1.05. The lowest BCUT2D eigenvalue weighted by Gasteiger charge is -2.11. The van der Waals surface area contributed by atoms with Crippen molar-refractivity contribution < 1.29 is 9.53 Å². The zero-order valence-corrected chi connectivity index (χ0v) is 11.4. The predicted octanol–water partition coefficient (Wildman–Crippen LogP) is 3.27. The quantitative estimate of drug-likeness (QED) is 0.867. The van der Waals surface area contributed by atoms with Crippen molar-refractivity contribution in [1.29, 1.82) is 0 Å². The van der Waals surface area contributed by atoms with Crippen molar-refractivity contribution in [3.63, 3.8) is 0 Å². The second kappa shape index (κ2) is 6.11. The number of anilines is 1. The fourth-order valence-corrected chi connectivity index (χ4v) is 1.54. The van der Waals surface area contributed by atoms with Crippen molar-refractivity contribution in [3.05, 3.63) is 22.7 Å². The maximum absolute atomic E-state index is 11.6. The van der Waals surface area contributed by atoms with Gasteiger partial charge in [-0.2, -0.15) is 0 Å². The SMILES string of the molecule is COc1ccc(Br)c(NC(=O)C(C)CCl)c1. The van der Waals surface area contributed by atoms with E-state index in [2.05, 4.69) is 21.2 Å². The lowest BCUT2D eigenvalue weighted by atomic mass is 10.2. The highest BCUT2D eigenvalue weighted by atomic mass is 79.9. The minimum Gasteiger partial charge on any atom is -0.497 e. The van der Waals surface area contributed by atoms with E-state index < -0.39 is 0 Å². The van der Waals surface area contributed by atoms with E-state index in [0.717, 1.165) is 4.47 Å². The van der Waals surface area contributed by atoms with Gasteiger partial charge in [-0.05, 0) is 28.1 Å². The number of alkyl halides is 1. The molecule has 88 valence electrons. The maximum Gasteiger partial charge on any atom is 0.228 e. The monoisotopic (exact) mass is 305 g/mol. The van der Waals surface area contributed by atoms with Crippen molar-refractivity contribution in [2.75, 3.05) is 18.3 Å². The zero-order chi connectivity index (χ0) is 12.1. The van der Waals surface area contributed by atoms with Crippen LogP contribution < -0.4 is 10.1 Å². The Labute approximate surface area is 108 Å². The molecule has 1 amide bonds. The number of halogens is 2. The van der Waals surface area contributed by atoms with Crippen molar-refractivity contribution in [3.8, 4) is 5.75 Å². The average Bonchev–Trinajstić information content (AvgIpc) is 2.30. The molecule has 0 radical (unpaired) electrons. The molecule has 0 aliphatic rings. The smallest absolute Gasteiger partial charge is 0.228 e. The molecule has 0 spiro atoms. The first-order chi connectivity index (χ1) is 7.58. The van der Waals surface area contributed by atoms with E-state index in [0.29, 0.717) is 17.3 Å². The van der Waals surface area contributed by atoms with Crippen LogP contribution in [-0.2, 0) is 4.79 Å². The molecule has 1 aromatic rings. The largest absolute Gasteiger partial charge is 0.497 e. The number of nitrogens with one attached hydrogen (secondary N) is 1. The van der Waals surface area contributed by atoms with Gasteiger partial charge in [0.25, 0.3) is 0 Å². The minimum absolute atomic E-state index is 0.107. The molecule has 0 aliphatic heterocycles. The molecule has 0 aliphatic carbocycles. The third-order valence-corrected chi connectivity index (χ3v) is 3.26. The summed E-state index contributed by atoms with van der Waals surface area (Å²) in [6.07, 6.45) is 0. The lowest BCUT2D eigenvalue weighted by Crippen LogP contribution is -2.21. The predicted molar refractivity (Wildman–Crippen MR) is 69.2 cm³/mol. The van der Waals surface area contributed by atoms with Crippen LogP contribution >= 0.6 is 27.5 Å². The van der Waals surface area contributed by atoms with Gasteiger partial charge in [-0.25, -0.2) is 0 Å². The Bertz CT molecular complexity index is 384. The normalized spacial score (nSPS) is 12.0. The molecule has 0 bridgehead atoms. The van der Waals surface area contributed by atoms with Crippen molar-refractivity contribution >= 4 is 39.1 Å². The van der Waals surface area contributed by atoms with Gasteiger partial charge in [0, 0.05) is 22.3 Å². The van der Waals surface area contributed by atoms with E-state index in [4.69, 9.17) is 16.3 Å². The Morgan fingerprint density at radius 2 is 2.31 bits per heavy atom. The van der Waals surface area contributed by atoms with Crippen LogP contribution in [0.1, 0.15) is 6.92 Å². The number of methoxy groups -OCH3 is 1. The van der Waals surface area contributed by atoms with Crippen molar-refractivity contribution in [1.82, 2.24) is 0 Å². The lowest BCUT2D eigenvalue weighted by molar-refractivity contribution is -0.118. The summed E-state index contributed by atoms with van der Waals surface area (Å²) in [5, 5.41) is 2.79. The van der Waals surface area contributed by atoms with Crippen LogP contribution in [0.4, 0.5) is 5.69 Å². The molecule has 0 fully saturated rings. The molecule has 0 heterocycles. The summed E-state index contributed by atoms with van der Waals surface area (Å²) < 4.78 is 5.89. The first kappa shape index (κ1) is 13.3. The number of rotatable bonds is 4. The van der Waals surface area contributed by atoms with Crippen LogP contribution in [-0.4, -0.2) is 18.9 Å². The van der Waals surface area contributed by atoms with E-state index in [1.807, 2.05) is 12.1 Å². The highest BCUT2D eigenvalue weighted by Gasteiger charge is 2.13. The molecule has 1 rings (SSSR count). The van der Waals surface area contributed by atoms with Gasteiger partial charge >= 0.3 is 0 Å². The van der Waals surface area contributed by atoms with Crippen LogP contribution in [0, 0.1) is 5.92 Å². The maximum atomic E-state index is 11.6. The molecule has 5 heteroatoms. The summed E-state index contributed by atoms with van der Waals surface area (Å²) in [7, 11) is 1.58. The van der Waals surface area contributed by atoms with Gasteiger partial charge in [0.2, 0.25) is 5.91 Å². The molecule has 0 saturated carbocycles. The molecule has 0 saturated heterocycles. The van der Waals surface area contributed by atoms with Gasteiger partial charge in [-0.1, -0.05) is 6.92 Å². The number of carbonyl (C=O) groups excluding carboxylic acids is 1. The summed E-state index contributed by atoms with van der Waals surface area (Å²) in [5.41, 5.74) is 0.682. The van der Waals surface area contributed by atoms with E-state index in [1.54, 1.807) is 20.1 Å². The Balaban J connectivity index is 2.83. The van der Waals surface area contributed by atoms with Gasteiger partial charge in [-0.15, -0.1) is 11.6 Å². The number of carbonyl (C=O) groups is 1. The van der Waals surface area contributed by atoms with Gasteiger partial charge in [0.15, 0.2) is 0 Å². The van der Waals surface area contributed by atoms with E-state index >= 15 is 0 Å². The topological polar surface area (TPSA) is 38.3 Å². The van der Waals surface area contributed by atoms with E-state index in [1.165, 1.54) is 0 Å². The summed E-state index contributed by atoms with van der Waals surface area (Å²) >= 11 is 8.97. The number of amides is 1. The number of ether oxygens (including phenoxy) is 1. The van der Waals surface area contributed by atoms with Crippen LogP contribution in [0.25, 0.3) is 0 Å². The molecule has 1 N–H and O–H groups in total. The van der Waals surface area contributed by atoms with Crippen LogP contribution in [0.15, 0.2) is 22.7 Å². The van der Waals surface area contributed by atoms with Crippen molar-refractivity contribution in [2.45, 2.75) is 6.92 Å². The first-order valence-electron chi connectivity index (χ1n) is 4.79. The summed E-state index contributed by atoms with van der Waals surface area (Å²) in [5.74, 6) is 0.661. The Morgan fingerprint density at radius 3 is 2.88 bits per heavy atom. The number of hydrogen-bond donors (Lipinski definition) is 1. The average molecular weight is 307 g/mol. The van der Waals surface area contributed by atoms with Gasteiger partial charge in [0.05, 0.1) is 12.8 Å². The van der Waals surface area contributed by atoms with Crippen LogP contribution in [0.2, 0.25) is 0 Å². The van der Waals surface area contributed by atoms with Gasteiger partial charge in [-0.3, -0.25) is 4.79 Å². The summed E-state index contributed by atoms with van der Waals surface area (Å²) in [4.78, 5) is 11.6. The van der Waals surface area contributed by atoms with Gasteiger partial charge in [0.1, 0.15) is 5.75 Å². The molecular weight excluding hydrogens is 293 g/mol. The molecular formula is C11H13BrClNO2. The second-order valence-corrected chi connectivity index (χ2v) is 4.55. The Hall–Kier alpha value is -0.740. The second-order valence-electron chi connectivity index (χ2n) is 3.39. The standard InChI is InChI=1S/C11H13BrClNO2/c1-7(6-13)11(15)14-10-5-8(16-2)3-4-9(10)12/h3-5,7H,6H2,1-2H3,(H,14,15). The number of benzene rings is 1. The van der Waals surface area contributed by atoms with Crippen LogP contribution in [0.3, 0.4) is 0 Å². The highest BCUT2D eigenvalue weighted by Crippen LogP contribution is 2.27. The summed E-state index contributed by atoms with van der Waals surface area (Å²) in [6.45, 7) is 1.77. The summed E-state index contributed by atoms with van der Waals surface area (Å²) in [6, 6.07) is 5.38. The molecule has 1 atom stereocenters.